The Kier molecular flexibility index (Phi) is 4.73. The van der Waals surface area contributed by atoms with Crippen molar-refractivity contribution in [1.82, 2.24) is 5.32 Å². The Morgan fingerprint density at radius 3 is 2.40 bits per heavy atom. The number of halogens is 4. The van der Waals surface area contributed by atoms with E-state index in [4.69, 9.17) is 0 Å². The first kappa shape index (κ1) is 15.4. The normalized spacial score (nSPS) is 17.0. The van der Waals surface area contributed by atoms with E-state index in [1.165, 1.54) is 18.6 Å². The Hall–Kier alpha value is -1.04. The van der Waals surface area contributed by atoms with E-state index in [1.807, 2.05) is 0 Å². The van der Waals surface area contributed by atoms with Gasteiger partial charge in [0.15, 0.2) is 0 Å². The van der Waals surface area contributed by atoms with Gasteiger partial charge in [-0.3, -0.25) is 4.79 Å². The molecule has 0 unspecified atom stereocenters. The summed E-state index contributed by atoms with van der Waals surface area (Å²) in [4.78, 5) is 12.0. The van der Waals surface area contributed by atoms with E-state index in [1.54, 1.807) is 0 Å². The predicted octanol–water partition coefficient (Wildman–Crippen LogP) is 4.53. The molecule has 0 aromatic heterocycles. The number of rotatable bonds is 2. The maximum Gasteiger partial charge on any atom is 0.417 e. The van der Waals surface area contributed by atoms with Gasteiger partial charge in [-0.2, -0.15) is 13.2 Å². The van der Waals surface area contributed by atoms with Crippen LogP contribution in [0.1, 0.15) is 48.0 Å². The first-order valence-corrected chi connectivity index (χ1v) is 7.35. The molecule has 0 saturated heterocycles. The molecule has 1 fully saturated rings. The number of hydrogen-bond acceptors (Lipinski definition) is 1. The van der Waals surface area contributed by atoms with Gasteiger partial charge in [0.2, 0.25) is 0 Å². The third kappa shape index (κ3) is 3.75. The molecule has 0 radical (unpaired) electrons. The average Bonchev–Trinajstić information content (AvgIpc) is 2.38. The quantitative estimate of drug-likeness (QED) is 0.834. The summed E-state index contributed by atoms with van der Waals surface area (Å²) in [5, 5.41) is 2.88. The molecule has 0 aliphatic heterocycles. The summed E-state index contributed by atoms with van der Waals surface area (Å²) < 4.78 is 37.8. The molecule has 1 aromatic carbocycles. The van der Waals surface area contributed by atoms with E-state index in [9.17, 15) is 18.0 Å². The van der Waals surface area contributed by atoms with Crippen molar-refractivity contribution < 1.29 is 18.0 Å². The van der Waals surface area contributed by atoms with E-state index in [-0.39, 0.29) is 22.0 Å². The Morgan fingerprint density at radius 1 is 1.20 bits per heavy atom. The summed E-state index contributed by atoms with van der Waals surface area (Å²) in [5.41, 5.74) is -0.526. The van der Waals surface area contributed by atoms with Crippen molar-refractivity contribution in [3.63, 3.8) is 0 Å². The largest absolute Gasteiger partial charge is 0.417 e. The molecule has 0 spiro atoms. The second-order valence-electron chi connectivity index (χ2n) is 5.00. The Bertz CT molecular complexity index is 496. The van der Waals surface area contributed by atoms with Gasteiger partial charge >= 0.3 is 6.18 Å². The summed E-state index contributed by atoms with van der Waals surface area (Å²) in [6, 6.07) is 3.50. The molecule has 2 nitrogen and oxygen atoms in total. The van der Waals surface area contributed by atoms with E-state index < -0.39 is 11.7 Å². The van der Waals surface area contributed by atoms with Crippen molar-refractivity contribution >= 4 is 21.8 Å². The first-order chi connectivity index (χ1) is 9.38. The van der Waals surface area contributed by atoms with E-state index >= 15 is 0 Å². The zero-order chi connectivity index (χ0) is 14.8. The van der Waals surface area contributed by atoms with Crippen LogP contribution < -0.4 is 5.32 Å². The van der Waals surface area contributed by atoms with Crippen LogP contribution in [0.5, 0.6) is 0 Å². The molecule has 0 bridgehead atoms. The lowest BCUT2D eigenvalue weighted by atomic mass is 9.95. The minimum absolute atomic E-state index is 0.110. The monoisotopic (exact) mass is 349 g/mol. The Morgan fingerprint density at radius 2 is 1.85 bits per heavy atom. The fourth-order valence-electron chi connectivity index (χ4n) is 2.40. The van der Waals surface area contributed by atoms with Crippen LogP contribution in [0.2, 0.25) is 0 Å². The average molecular weight is 350 g/mol. The second kappa shape index (κ2) is 6.16. The van der Waals surface area contributed by atoms with Gasteiger partial charge in [0, 0.05) is 16.1 Å². The lowest BCUT2D eigenvalue weighted by Crippen LogP contribution is -2.36. The van der Waals surface area contributed by atoms with Gasteiger partial charge in [-0.05, 0) is 31.0 Å². The highest BCUT2D eigenvalue weighted by atomic mass is 79.9. The summed E-state index contributed by atoms with van der Waals surface area (Å²) in [6.07, 6.45) is 0.805. The number of alkyl halides is 3. The molecular formula is C14H15BrF3NO. The van der Waals surface area contributed by atoms with Crippen molar-refractivity contribution in [3.05, 3.63) is 33.8 Å². The molecule has 110 valence electrons. The van der Waals surface area contributed by atoms with E-state index in [2.05, 4.69) is 21.2 Å². The van der Waals surface area contributed by atoms with Crippen LogP contribution in [-0.4, -0.2) is 11.9 Å². The van der Waals surface area contributed by atoms with Crippen molar-refractivity contribution in [1.29, 1.82) is 0 Å². The summed E-state index contributed by atoms with van der Waals surface area (Å²) >= 11 is 2.88. The fourth-order valence-corrected chi connectivity index (χ4v) is 3.01. The van der Waals surface area contributed by atoms with Gasteiger partial charge < -0.3 is 5.32 Å². The third-order valence-electron chi connectivity index (χ3n) is 3.48. The van der Waals surface area contributed by atoms with Crippen LogP contribution >= 0.6 is 15.9 Å². The lowest BCUT2D eigenvalue weighted by Gasteiger charge is -2.23. The second-order valence-corrected chi connectivity index (χ2v) is 5.86. The highest BCUT2D eigenvalue weighted by molar-refractivity contribution is 9.10. The topological polar surface area (TPSA) is 29.1 Å². The third-order valence-corrected chi connectivity index (χ3v) is 4.13. The summed E-state index contributed by atoms with van der Waals surface area (Å²) in [7, 11) is 0. The maximum absolute atomic E-state index is 12.6. The molecule has 1 N–H and O–H groups in total. The van der Waals surface area contributed by atoms with E-state index in [0.717, 1.165) is 31.7 Å². The molecule has 6 heteroatoms. The smallest absolute Gasteiger partial charge is 0.349 e. The standard InChI is InChI=1S/C14H15BrF3NO/c15-12-8-9(6-7-11(12)14(16,17)18)13(20)19-10-4-2-1-3-5-10/h6-8,10H,1-5H2,(H,19,20). The Balaban J connectivity index is 2.09. The van der Waals surface area contributed by atoms with Gasteiger partial charge in [0.25, 0.3) is 5.91 Å². The molecule has 0 heterocycles. The number of carbonyl (C=O) groups is 1. The van der Waals surface area contributed by atoms with Crippen molar-refractivity contribution in [2.45, 2.75) is 44.3 Å². The maximum atomic E-state index is 12.6. The number of carbonyl (C=O) groups excluding carboxylic acids is 1. The van der Waals surface area contributed by atoms with Crippen LogP contribution in [-0.2, 0) is 6.18 Å². The van der Waals surface area contributed by atoms with Gasteiger partial charge in [-0.15, -0.1) is 0 Å². The van der Waals surface area contributed by atoms with Crippen LogP contribution in [0.3, 0.4) is 0 Å². The zero-order valence-electron chi connectivity index (χ0n) is 10.8. The number of nitrogens with one attached hydrogen (secondary N) is 1. The van der Waals surface area contributed by atoms with Crippen molar-refractivity contribution in [2.75, 3.05) is 0 Å². The molecule has 1 aromatic rings. The molecule has 1 saturated carbocycles. The van der Waals surface area contributed by atoms with Gasteiger partial charge in [0.1, 0.15) is 0 Å². The first-order valence-electron chi connectivity index (χ1n) is 6.55. The molecular weight excluding hydrogens is 335 g/mol. The van der Waals surface area contributed by atoms with Crippen LogP contribution in [0.25, 0.3) is 0 Å². The summed E-state index contributed by atoms with van der Waals surface area (Å²) in [5.74, 6) is -0.314. The van der Waals surface area contributed by atoms with Crippen LogP contribution in [0.15, 0.2) is 22.7 Å². The Labute approximate surface area is 123 Å². The van der Waals surface area contributed by atoms with Gasteiger partial charge in [-0.1, -0.05) is 35.2 Å². The number of hydrogen-bond donors (Lipinski definition) is 1. The molecule has 1 aliphatic carbocycles. The fraction of sp³-hybridized carbons (Fsp3) is 0.500. The molecule has 2 rings (SSSR count). The summed E-state index contributed by atoms with van der Waals surface area (Å²) in [6.45, 7) is 0. The highest BCUT2D eigenvalue weighted by Crippen LogP contribution is 2.35. The van der Waals surface area contributed by atoms with Gasteiger partial charge in [0.05, 0.1) is 5.56 Å². The highest BCUT2D eigenvalue weighted by Gasteiger charge is 2.33. The zero-order valence-corrected chi connectivity index (χ0v) is 12.4. The van der Waals surface area contributed by atoms with E-state index in [0.29, 0.717) is 0 Å². The lowest BCUT2D eigenvalue weighted by molar-refractivity contribution is -0.138. The molecule has 1 aliphatic rings. The van der Waals surface area contributed by atoms with Crippen LogP contribution in [0.4, 0.5) is 13.2 Å². The predicted molar refractivity (Wildman–Crippen MR) is 73.5 cm³/mol. The SMILES string of the molecule is O=C(NC1CCCCC1)c1ccc(C(F)(F)F)c(Br)c1. The molecule has 0 atom stereocenters. The van der Waals surface area contributed by atoms with Crippen molar-refractivity contribution in [3.8, 4) is 0 Å². The number of amides is 1. The van der Waals surface area contributed by atoms with Crippen molar-refractivity contribution in [2.24, 2.45) is 0 Å². The minimum Gasteiger partial charge on any atom is -0.349 e. The number of benzene rings is 1. The minimum atomic E-state index is -4.42. The molecule has 1 amide bonds. The molecule has 20 heavy (non-hydrogen) atoms. The van der Waals surface area contributed by atoms with Crippen LogP contribution in [0, 0.1) is 0 Å². The van der Waals surface area contributed by atoms with Gasteiger partial charge in [-0.25, -0.2) is 0 Å².